The van der Waals surface area contributed by atoms with E-state index in [-0.39, 0.29) is 0 Å². The van der Waals surface area contributed by atoms with Gasteiger partial charge in [-0.05, 0) is 19.1 Å². The van der Waals surface area contributed by atoms with Crippen LogP contribution in [-0.2, 0) is 13.0 Å². The predicted molar refractivity (Wildman–Crippen MR) is 84.5 cm³/mol. The summed E-state index contributed by atoms with van der Waals surface area (Å²) in [6.45, 7) is 7.03. The highest BCUT2D eigenvalue weighted by atomic mass is 16.5. The van der Waals surface area contributed by atoms with E-state index in [1.165, 1.54) is 0 Å². The molecule has 0 saturated heterocycles. The number of methoxy groups -OCH3 is 1. The minimum atomic E-state index is 0.443. The van der Waals surface area contributed by atoms with Crippen LogP contribution in [0.2, 0.25) is 0 Å². The third kappa shape index (κ3) is 4.53. The van der Waals surface area contributed by atoms with Crippen LogP contribution < -0.4 is 10.1 Å². The van der Waals surface area contributed by atoms with E-state index in [1.54, 1.807) is 7.11 Å². The van der Waals surface area contributed by atoms with Gasteiger partial charge in [-0.15, -0.1) is 0 Å². The molecule has 0 atom stereocenters. The van der Waals surface area contributed by atoms with Crippen molar-refractivity contribution in [1.82, 2.24) is 15.3 Å². The summed E-state index contributed by atoms with van der Waals surface area (Å²) in [6.07, 6.45) is 0.681. The molecule has 0 unspecified atom stereocenters. The maximum absolute atomic E-state index is 5.39. The number of ether oxygens (including phenoxy) is 1. The average Bonchev–Trinajstić information content (AvgIpc) is 2.45. The van der Waals surface area contributed by atoms with Crippen molar-refractivity contribution >= 4 is 0 Å². The maximum Gasteiger partial charge on any atom is 0.133 e. The summed E-state index contributed by atoms with van der Waals surface area (Å²) in [7, 11) is 1.69. The zero-order valence-corrected chi connectivity index (χ0v) is 13.2. The van der Waals surface area contributed by atoms with Gasteiger partial charge in [-0.1, -0.05) is 32.0 Å². The monoisotopic (exact) mass is 285 g/mol. The Balaban J connectivity index is 2.19. The van der Waals surface area contributed by atoms with Gasteiger partial charge in [-0.2, -0.15) is 0 Å². The number of hydrogen-bond acceptors (Lipinski definition) is 4. The van der Waals surface area contributed by atoms with Gasteiger partial charge in [0.05, 0.1) is 12.8 Å². The van der Waals surface area contributed by atoms with E-state index in [2.05, 4.69) is 35.2 Å². The van der Waals surface area contributed by atoms with Crippen molar-refractivity contribution in [3.05, 3.63) is 53.1 Å². The smallest absolute Gasteiger partial charge is 0.133 e. The molecule has 0 aliphatic heterocycles. The molecule has 4 heteroatoms. The van der Waals surface area contributed by atoms with Crippen LogP contribution >= 0.6 is 0 Å². The lowest BCUT2D eigenvalue weighted by Gasteiger charge is -2.11. The predicted octanol–water partition coefficient (Wildman–Crippen LogP) is 2.88. The van der Waals surface area contributed by atoms with Gasteiger partial charge in [0.25, 0.3) is 0 Å². The molecule has 112 valence electrons. The molecular formula is C17H23N3O. The summed E-state index contributed by atoms with van der Waals surface area (Å²) in [5.74, 6) is 1.71. The highest BCUT2D eigenvalue weighted by molar-refractivity contribution is 5.35. The fourth-order valence-corrected chi connectivity index (χ4v) is 2.20. The first-order valence-corrected chi connectivity index (χ1v) is 7.27. The van der Waals surface area contributed by atoms with Crippen molar-refractivity contribution in [3.8, 4) is 5.75 Å². The molecule has 21 heavy (non-hydrogen) atoms. The highest BCUT2D eigenvalue weighted by Crippen LogP contribution is 2.19. The van der Waals surface area contributed by atoms with Crippen molar-refractivity contribution in [2.75, 3.05) is 7.11 Å². The van der Waals surface area contributed by atoms with Gasteiger partial charge < -0.3 is 10.1 Å². The largest absolute Gasteiger partial charge is 0.496 e. The Bertz CT molecular complexity index is 596. The van der Waals surface area contributed by atoms with Crippen molar-refractivity contribution in [3.63, 3.8) is 0 Å². The van der Waals surface area contributed by atoms with Gasteiger partial charge in [0.2, 0.25) is 0 Å². The van der Waals surface area contributed by atoms with E-state index in [1.807, 2.05) is 31.2 Å². The van der Waals surface area contributed by atoms with E-state index < -0.39 is 0 Å². The van der Waals surface area contributed by atoms with Crippen molar-refractivity contribution in [2.45, 2.75) is 39.8 Å². The minimum Gasteiger partial charge on any atom is -0.496 e. The molecule has 0 spiro atoms. The Morgan fingerprint density at radius 2 is 1.95 bits per heavy atom. The first kappa shape index (κ1) is 15.4. The van der Waals surface area contributed by atoms with Crippen molar-refractivity contribution < 1.29 is 4.74 Å². The van der Waals surface area contributed by atoms with E-state index in [9.17, 15) is 0 Å². The lowest BCUT2D eigenvalue weighted by Crippen LogP contribution is -2.23. The quantitative estimate of drug-likeness (QED) is 0.886. The van der Waals surface area contributed by atoms with Gasteiger partial charge in [-0.3, -0.25) is 0 Å². The Morgan fingerprint density at radius 1 is 1.19 bits per heavy atom. The number of benzene rings is 1. The van der Waals surface area contributed by atoms with Crippen molar-refractivity contribution in [1.29, 1.82) is 0 Å². The number of nitrogens with one attached hydrogen (secondary N) is 1. The molecule has 2 rings (SSSR count). The van der Waals surface area contributed by atoms with Gasteiger partial charge in [0.15, 0.2) is 0 Å². The van der Waals surface area contributed by atoms with Gasteiger partial charge in [0, 0.05) is 30.3 Å². The van der Waals surface area contributed by atoms with Crippen LogP contribution in [0.3, 0.4) is 0 Å². The van der Waals surface area contributed by atoms with Crippen LogP contribution in [0.25, 0.3) is 0 Å². The maximum atomic E-state index is 5.39. The van der Waals surface area contributed by atoms with Gasteiger partial charge in [0.1, 0.15) is 11.6 Å². The van der Waals surface area contributed by atoms with Crippen LogP contribution in [0.5, 0.6) is 5.75 Å². The summed E-state index contributed by atoms with van der Waals surface area (Å²) in [5.41, 5.74) is 3.13. The molecule has 4 nitrogen and oxygen atoms in total. The van der Waals surface area contributed by atoms with Crippen LogP contribution in [0.4, 0.5) is 0 Å². The summed E-state index contributed by atoms with van der Waals surface area (Å²) < 4.78 is 5.39. The second-order valence-electron chi connectivity index (χ2n) is 5.44. The number of para-hydroxylation sites is 1. The van der Waals surface area contributed by atoms with Crippen molar-refractivity contribution in [2.24, 2.45) is 0 Å². The standard InChI is InChI=1S/C17H23N3O/c1-12(2)18-11-15-9-13(3)19-17(20-15)10-14-7-5-6-8-16(14)21-4/h5-9,12,18H,10-11H2,1-4H3. The average molecular weight is 285 g/mol. The van der Waals surface area contributed by atoms with Crippen LogP contribution in [-0.4, -0.2) is 23.1 Å². The third-order valence-electron chi connectivity index (χ3n) is 3.19. The topological polar surface area (TPSA) is 47.0 Å². The normalized spacial score (nSPS) is 10.9. The number of aryl methyl sites for hydroxylation is 1. The summed E-state index contributed by atoms with van der Waals surface area (Å²) in [6, 6.07) is 10.5. The SMILES string of the molecule is COc1ccccc1Cc1nc(C)cc(CNC(C)C)n1. The molecule has 1 aromatic carbocycles. The minimum absolute atomic E-state index is 0.443. The lowest BCUT2D eigenvalue weighted by molar-refractivity contribution is 0.410. The lowest BCUT2D eigenvalue weighted by atomic mass is 10.1. The number of nitrogens with zero attached hydrogens (tertiary/aromatic N) is 2. The Morgan fingerprint density at radius 3 is 2.67 bits per heavy atom. The summed E-state index contributed by atoms with van der Waals surface area (Å²) in [4.78, 5) is 9.18. The molecule has 1 aromatic heterocycles. The molecule has 0 aliphatic rings. The summed E-state index contributed by atoms with van der Waals surface area (Å²) >= 11 is 0. The Kier molecular flexibility index (Phi) is 5.28. The van der Waals surface area contributed by atoms with Gasteiger partial charge in [-0.25, -0.2) is 9.97 Å². The molecular weight excluding hydrogens is 262 g/mol. The number of hydrogen-bond donors (Lipinski definition) is 1. The molecule has 0 aliphatic carbocycles. The number of rotatable bonds is 6. The van der Waals surface area contributed by atoms with Gasteiger partial charge >= 0.3 is 0 Å². The Labute approximate surface area is 126 Å². The molecule has 1 heterocycles. The highest BCUT2D eigenvalue weighted by Gasteiger charge is 2.08. The zero-order chi connectivity index (χ0) is 15.2. The number of aromatic nitrogens is 2. The first-order chi connectivity index (χ1) is 10.1. The molecule has 0 radical (unpaired) electrons. The van der Waals surface area contributed by atoms with E-state index in [0.717, 1.165) is 35.1 Å². The van der Waals surface area contributed by atoms with Crippen LogP contribution in [0, 0.1) is 6.92 Å². The van der Waals surface area contributed by atoms with Crippen LogP contribution in [0.1, 0.15) is 36.6 Å². The Hall–Kier alpha value is -1.94. The molecule has 0 fully saturated rings. The van der Waals surface area contributed by atoms with E-state index >= 15 is 0 Å². The molecule has 0 saturated carbocycles. The molecule has 1 N–H and O–H groups in total. The third-order valence-corrected chi connectivity index (χ3v) is 3.19. The first-order valence-electron chi connectivity index (χ1n) is 7.27. The molecule has 0 bridgehead atoms. The second kappa shape index (κ2) is 7.18. The fourth-order valence-electron chi connectivity index (χ4n) is 2.20. The molecule has 2 aromatic rings. The molecule has 0 amide bonds. The van der Waals surface area contributed by atoms with E-state index in [4.69, 9.17) is 4.74 Å². The van der Waals surface area contributed by atoms with E-state index in [0.29, 0.717) is 12.5 Å². The van der Waals surface area contributed by atoms with Crippen LogP contribution in [0.15, 0.2) is 30.3 Å². The fraction of sp³-hybridized carbons (Fsp3) is 0.412. The zero-order valence-electron chi connectivity index (χ0n) is 13.2. The second-order valence-corrected chi connectivity index (χ2v) is 5.44. The summed E-state index contributed by atoms with van der Waals surface area (Å²) in [5, 5.41) is 3.39.